The molecule has 3 aromatic rings. The third kappa shape index (κ3) is 1.51. The van der Waals surface area contributed by atoms with Crippen LogP contribution < -0.4 is 0 Å². The van der Waals surface area contributed by atoms with Gasteiger partial charge in [0, 0.05) is 5.69 Å². The molecular formula is C13H13N3OS. The molecule has 0 atom stereocenters. The molecule has 0 fully saturated rings. The molecule has 2 heterocycles. The van der Waals surface area contributed by atoms with Gasteiger partial charge in [0.1, 0.15) is 7.11 Å². The van der Waals surface area contributed by atoms with Gasteiger partial charge in [-0.15, -0.1) is 0 Å². The number of thiazole rings is 1. The summed E-state index contributed by atoms with van der Waals surface area (Å²) in [5.41, 5.74) is 4.20. The monoisotopic (exact) mass is 259 g/mol. The largest absolute Gasteiger partial charge is 0.399 e. The van der Waals surface area contributed by atoms with Crippen LogP contribution in [0.25, 0.3) is 16.0 Å². The fraction of sp³-hybridized carbons (Fsp3) is 0.231. The van der Waals surface area contributed by atoms with Crippen molar-refractivity contribution in [3.05, 3.63) is 34.8 Å². The highest BCUT2D eigenvalue weighted by molar-refractivity contribution is 7.19. The zero-order chi connectivity index (χ0) is 12.7. The van der Waals surface area contributed by atoms with E-state index in [1.165, 1.54) is 0 Å². The molecule has 18 heavy (non-hydrogen) atoms. The van der Waals surface area contributed by atoms with Crippen LogP contribution in [0.5, 0.6) is 0 Å². The number of oxime groups is 1. The van der Waals surface area contributed by atoms with Crippen molar-refractivity contribution >= 4 is 33.0 Å². The van der Waals surface area contributed by atoms with Gasteiger partial charge in [-0.2, -0.15) is 0 Å². The predicted octanol–water partition coefficient (Wildman–Crippen LogP) is 3.23. The molecule has 0 saturated heterocycles. The Balaban J connectivity index is 2.33. The van der Waals surface area contributed by atoms with Gasteiger partial charge in [-0.1, -0.05) is 28.6 Å². The molecule has 0 aliphatic heterocycles. The van der Waals surface area contributed by atoms with E-state index >= 15 is 0 Å². The van der Waals surface area contributed by atoms with Crippen molar-refractivity contribution in [2.45, 2.75) is 13.8 Å². The summed E-state index contributed by atoms with van der Waals surface area (Å²) < 4.78 is 2.17. The Morgan fingerprint density at radius 3 is 2.94 bits per heavy atom. The van der Waals surface area contributed by atoms with Crippen molar-refractivity contribution in [1.29, 1.82) is 0 Å². The van der Waals surface area contributed by atoms with Gasteiger partial charge < -0.3 is 4.84 Å². The van der Waals surface area contributed by atoms with Gasteiger partial charge in [0.15, 0.2) is 4.96 Å². The fourth-order valence-corrected chi connectivity index (χ4v) is 3.25. The number of imidazole rings is 1. The number of rotatable bonds is 2. The fourth-order valence-electron chi connectivity index (χ4n) is 2.18. The molecule has 5 heteroatoms. The predicted molar refractivity (Wildman–Crippen MR) is 74.5 cm³/mol. The van der Waals surface area contributed by atoms with Crippen molar-refractivity contribution in [1.82, 2.24) is 9.38 Å². The lowest BCUT2D eigenvalue weighted by molar-refractivity contribution is 0.213. The summed E-state index contributed by atoms with van der Waals surface area (Å²) in [5, 5.41) is 4.00. The molecule has 2 aromatic heterocycles. The van der Waals surface area contributed by atoms with Crippen LogP contribution in [0, 0.1) is 6.92 Å². The highest BCUT2D eigenvalue weighted by atomic mass is 32.1. The van der Waals surface area contributed by atoms with Gasteiger partial charge >= 0.3 is 0 Å². The van der Waals surface area contributed by atoms with Gasteiger partial charge in [0.05, 0.1) is 21.6 Å². The second-order valence-corrected chi connectivity index (χ2v) is 5.07. The molecule has 0 radical (unpaired) electrons. The number of fused-ring (bicyclic) bond motifs is 3. The van der Waals surface area contributed by atoms with Crippen LogP contribution in [0.1, 0.15) is 17.5 Å². The van der Waals surface area contributed by atoms with Crippen LogP contribution >= 0.6 is 11.3 Å². The van der Waals surface area contributed by atoms with Gasteiger partial charge in [-0.25, -0.2) is 4.98 Å². The third-order valence-corrected chi connectivity index (χ3v) is 4.20. The SMILES string of the molecule is CON=C(C)c1sc2nc3ccccc3n2c1C. The van der Waals surface area contributed by atoms with Crippen LogP contribution in [0.15, 0.2) is 29.4 Å². The summed E-state index contributed by atoms with van der Waals surface area (Å²) in [6.07, 6.45) is 0. The second-order valence-electron chi connectivity index (χ2n) is 4.09. The van der Waals surface area contributed by atoms with Crippen molar-refractivity contribution in [2.75, 3.05) is 7.11 Å². The number of para-hydroxylation sites is 2. The number of hydrogen-bond donors (Lipinski definition) is 0. The quantitative estimate of drug-likeness (QED) is 0.523. The van der Waals surface area contributed by atoms with Crippen LogP contribution in [-0.4, -0.2) is 22.2 Å². The molecule has 4 nitrogen and oxygen atoms in total. The Hall–Kier alpha value is -1.88. The average Bonchev–Trinajstić information content (AvgIpc) is 2.87. The molecule has 0 bridgehead atoms. The summed E-state index contributed by atoms with van der Waals surface area (Å²) in [4.78, 5) is 11.6. The minimum absolute atomic E-state index is 0.884. The Morgan fingerprint density at radius 1 is 1.39 bits per heavy atom. The number of benzene rings is 1. The third-order valence-electron chi connectivity index (χ3n) is 2.94. The van der Waals surface area contributed by atoms with Gasteiger partial charge in [-0.3, -0.25) is 4.40 Å². The molecule has 0 saturated carbocycles. The number of nitrogens with zero attached hydrogens (tertiary/aromatic N) is 3. The Kier molecular flexibility index (Phi) is 2.56. The Labute approximate surface area is 109 Å². The summed E-state index contributed by atoms with van der Waals surface area (Å²) >= 11 is 1.64. The first-order valence-electron chi connectivity index (χ1n) is 5.67. The van der Waals surface area contributed by atoms with Gasteiger partial charge in [0.2, 0.25) is 0 Å². The molecule has 0 N–H and O–H groups in total. The lowest BCUT2D eigenvalue weighted by Gasteiger charge is -1.98. The number of hydrogen-bond acceptors (Lipinski definition) is 4. The van der Waals surface area contributed by atoms with E-state index in [0.29, 0.717) is 0 Å². The van der Waals surface area contributed by atoms with Gasteiger partial charge in [0.25, 0.3) is 0 Å². The van der Waals surface area contributed by atoms with Crippen LogP contribution in [0.3, 0.4) is 0 Å². The summed E-state index contributed by atoms with van der Waals surface area (Å²) in [6, 6.07) is 8.16. The topological polar surface area (TPSA) is 38.9 Å². The lowest BCUT2D eigenvalue weighted by atomic mass is 10.3. The maximum Gasteiger partial charge on any atom is 0.195 e. The van der Waals surface area contributed by atoms with Crippen LogP contribution in [0.2, 0.25) is 0 Å². The molecule has 0 aliphatic carbocycles. The molecular weight excluding hydrogens is 246 g/mol. The van der Waals surface area contributed by atoms with E-state index in [2.05, 4.69) is 27.5 Å². The number of aromatic nitrogens is 2. The molecule has 0 aliphatic rings. The normalized spacial score (nSPS) is 12.5. The zero-order valence-electron chi connectivity index (χ0n) is 10.5. The summed E-state index contributed by atoms with van der Waals surface area (Å²) in [7, 11) is 1.56. The maximum absolute atomic E-state index is 4.84. The smallest absolute Gasteiger partial charge is 0.195 e. The lowest BCUT2D eigenvalue weighted by Crippen LogP contribution is -1.96. The van der Waals surface area contributed by atoms with E-state index in [1.807, 2.05) is 25.1 Å². The second kappa shape index (κ2) is 4.10. The van der Waals surface area contributed by atoms with Gasteiger partial charge in [-0.05, 0) is 26.0 Å². The first kappa shape index (κ1) is 11.2. The van der Waals surface area contributed by atoms with Crippen molar-refractivity contribution < 1.29 is 4.84 Å². The van der Waals surface area contributed by atoms with E-state index < -0.39 is 0 Å². The zero-order valence-corrected chi connectivity index (χ0v) is 11.3. The first-order chi connectivity index (χ1) is 8.72. The minimum atomic E-state index is 0.884. The molecule has 0 amide bonds. The number of aryl methyl sites for hydroxylation is 1. The van der Waals surface area contributed by atoms with Crippen molar-refractivity contribution in [3.63, 3.8) is 0 Å². The van der Waals surface area contributed by atoms with Crippen LogP contribution in [-0.2, 0) is 4.84 Å². The molecule has 0 unspecified atom stereocenters. The van der Waals surface area contributed by atoms with E-state index in [0.717, 1.165) is 32.3 Å². The summed E-state index contributed by atoms with van der Waals surface area (Å²) in [6.45, 7) is 4.03. The Bertz CT molecular complexity index is 754. The highest BCUT2D eigenvalue weighted by Crippen LogP contribution is 2.28. The molecule has 92 valence electrons. The highest BCUT2D eigenvalue weighted by Gasteiger charge is 2.15. The summed E-state index contributed by atoms with van der Waals surface area (Å²) in [5.74, 6) is 0. The average molecular weight is 259 g/mol. The van der Waals surface area contributed by atoms with Crippen LogP contribution in [0.4, 0.5) is 0 Å². The van der Waals surface area contributed by atoms with E-state index in [-0.39, 0.29) is 0 Å². The van der Waals surface area contributed by atoms with E-state index in [1.54, 1.807) is 18.4 Å². The molecule has 3 rings (SSSR count). The van der Waals surface area contributed by atoms with E-state index in [9.17, 15) is 0 Å². The molecule has 0 spiro atoms. The molecule has 1 aromatic carbocycles. The maximum atomic E-state index is 4.84. The van der Waals surface area contributed by atoms with Crippen molar-refractivity contribution in [2.24, 2.45) is 5.16 Å². The van der Waals surface area contributed by atoms with Crippen molar-refractivity contribution in [3.8, 4) is 0 Å². The first-order valence-corrected chi connectivity index (χ1v) is 6.48. The Morgan fingerprint density at radius 2 is 2.17 bits per heavy atom. The standard InChI is InChI=1S/C13H13N3OS/c1-8(15-17-3)12-9(2)16-11-7-5-4-6-10(11)14-13(16)18-12/h4-7H,1-3H3. The van der Waals surface area contributed by atoms with E-state index in [4.69, 9.17) is 4.84 Å². The minimum Gasteiger partial charge on any atom is -0.399 e.